The summed E-state index contributed by atoms with van der Waals surface area (Å²) in [7, 11) is 1.57. The minimum atomic E-state index is -0.189. The Kier molecular flexibility index (Phi) is 7.57. The van der Waals surface area contributed by atoms with Crippen molar-refractivity contribution in [1.82, 2.24) is 30.2 Å². The SMILES string of the molecule is COc1ncccc1-c1ccc(O)c(-c2nc3ccc(C(=O)NCC(c4ccccn4)N4CCOCC4)cc3[nH]2)c1. The largest absolute Gasteiger partial charge is 0.507 e. The van der Waals surface area contributed by atoms with E-state index in [-0.39, 0.29) is 17.7 Å². The minimum absolute atomic E-state index is 0.0553. The normalized spacial score (nSPS) is 14.6. The molecule has 1 unspecified atom stereocenters. The molecule has 1 amide bonds. The molecule has 1 fully saturated rings. The molecule has 0 radical (unpaired) electrons. The number of nitrogens with zero attached hydrogens (tertiary/aromatic N) is 4. The molecule has 0 aliphatic carbocycles. The standard InChI is InChI=1S/C31H30N6O4/c1-40-31-22(5-4-12-33-31)20-8-10-28(38)23(17-20)29-35-24-9-7-21(18-26(24)36-29)30(39)34-19-27(25-6-2-3-11-32-25)37-13-15-41-16-14-37/h2-12,17-18,27,38H,13-16,19H2,1H3,(H,34,39)(H,35,36). The summed E-state index contributed by atoms with van der Waals surface area (Å²) in [5.74, 6) is 0.869. The molecule has 3 aromatic heterocycles. The highest BCUT2D eigenvalue weighted by Gasteiger charge is 2.24. The van der Waals surface area contributed by atoms with Gasteiger partial charge in [0.2, 0.25) is 5.88 Å². The number of carbonyl (C=O) groups excluding carboxylic acids is 1. The minimum Gasteiger partial charge on any atom is -0.507 e. The zero-order chi connectivity index (χ0) is 28.2. The van der Waals surface area contributed by atoms with Crippen LogP contribution in [0, 0.1) is 0 Å². The number of H-pyrrole nitrogens is 1. The average molecular weight is 551 g/mol. The van der Waals surface area contributed by atoms with E-state index in [0.717, 1.165) is 29.9 Å². The number of methoxy groups -OCH3 is 1. The number of aromatic amines is 1. The van der Waals surface area contributed by atoms with Crippen LogP contribution in [-0.2, 0) is 4.74 Å². The first-order valence-corrected chi connectivity index (χ1v) is 13.4. The molecule has 41 heavy (non-hydrogen) atoms. The van der Waals surface area contributed by atoms with Gasteiger partial charge in [-0.05, 0) is 60.2 Å². The van der Waals surface area contributed by atoms with E-state index in [1.54, 1.807) is 49.8 Å². The van der Waals surface area contributed by atoms with Crippen LogP contribution in [0.5, 0.6) is 11.6 Å². The summed E-state index contributed by atoms with van der Waals surface area (Å²) in [6.07, 6.45) is 3.44. The molecule has 2 aromatic carbocycles. The fourth-order valence-corrected chi connectivity index (χ4v) is 5.12. The van der Waals surface area contributed by atoms with E-state index in [1.165, 1.54) is 0 Å². The van der Waals surface area contributed by atoms with Crippen molar-refractivity contribution >= 4 is 16.9 Å². The summed E-state index contributed by atoms with van der Waals surface area (Å²) in [4.78, 5) is 32.3. The van der Waals surface area contributed by atoms with Crippen molar-refractivity contribution in [3.8, 4) is 34.1 Å². The number of morpholine rings is 1. The van der Waals surface area contributed by atoms with Crippen molar-refractivity contribution in [2.24, 2.45) is 0 Å². The van der Waals surface area contributed by atoms with E-state index in [9.17, 15) is 9.90 Å². The van der Waals surface area contributed by atoms with E-state index in [4.69, 9.17) is 9.47 Å². The van der Waals surface area contributed by atoms with Gasteiger partial charge in [-0.3, -0.25) is 14.7 Å². The highest BCUT2D eigenvalue weighted by molar-refractivity contribution is 5.97. The molecule has 0 spiro atoms. The third kappa shape index (κ3) is 5.60. The fourth-order valence-electron chi connectivity index (χ4n) is 5.12. The molecule has 10 heteroatoms. The molecule has 5 aromatic rings. The van der Waals surface area contributed by atoms with Crippen LogP contribution < -0.4 is 10.1 Å². The molecule has 6 rings (SSSR count). The molecule has 10 nitrogen and oxygen atoms in total. The van der Waals surface area contributed by atoms with Gasteiger partial charge >= 0.3 is 0 Å². The first-order valence-electron chi connectivity index (χ1n) is 13.4. The third-order valence-electron chi connectivity index (χ3n) is 7.24. The Balaban J connectivity index is 1.23. The van der Waals surface area contributed by atoms with Crippen molar-refractivity contribution in [2.45, 2.75) is 6.04 Å². The van der Waals surface area contributed by atoms with Crippen LogP contribution in [0.4, 0.5) is 0 Å². The fraction of sp³-hybridized carbons (Fsp3) is 0.226. The zero-order valence-corrected chi connectivity index (χ0v) is 22.6. The van der Waals surface area contributed by atoms with Crippen LogP contribution in [-0.4, -0.2) is 75.8 Å². The molecular weight excluding hydrogens is 520 g/mol. The maximum Gasteiger partial charge on any atom is 0.251 e. The van der Waals surface area contributed by atoms with Crippen LogP contribution in [0.1, 0.15) is 22.1 Å². The number of rotatable bonds is 8. The first kappa shape index (κ1) is 26.4. The first-order chi connectivity index (χ1) is 20.1. The lowest BCUT2D eigenvalue weighted by atomic mass is 10.0. The molecular formula is C31H30N6O4. The van der Waals surface area contributed by atoms with E-state index < -0.39 is 0 Å². The lowest BCUT2D eigenvalue weighted by Gasteiger charge is -2.34. The lowest BCUT2D eigenvalue weighted by Crippen LogP contribution is -2.44. The summed E-state index contributed by atoms with van der Waals surface area (Å²) in [6, 6.07) is 20.1. The molecule has 1 saturated heterocycles. The number of pyridine rings is 2. The van der Waals surface area contributed by atoms with Gasteiger partial charge in [-0.1, -0.05) is 12.1 Å². The summed E-state index contributed by atoms with van der Waals surface area (Å²) < 4.78 is 10.9. The molecule has 0 bridgehead atoms. The molecule has 1 aliphatic rings. The Morgan fingerprint density at radius 3 is 2.71 bits per heavy atom. The van der Waals surface area contributed by atoms with Gasteiger partial charge in [-0.25, -0.2) is 9.97 Å². The number of benzene rings is 2. The van der Waals surface area contributed by atoms with Gasteiger partial charge in [-0.2, -0.15) is 0 Å². The summed E-state index contributed by atoms with van der Waals surface area (Å²) in [5, 5.41) is 13.8. The molecule has 1 atom stereocenters. The highest BCUT2D eigenvalue weighted by Crippen LogP contribution is 2.35. The number of aromatic hydroxyl groups is 1. The van der Waals surface area contributed by atoms with Crippen LogP contribution in [0.2, 0.25) is 0 Å². The van der Waals surface area contributed by atoms with Crippen LogP contribution >= 0.6 is 0 Å². The number of phenols is 1. The number of nitrogens with one attached hydrogen (secondary N) is 2. The monoisotopic (exact) mass is 550 g/mol. The van der Waals surface area contributed by atoms with Gasteiger partial charge < -0.3 is 24.9 Å². The van der Waals surface area contributed by atoms with E-state index in [2.05, 4.69) is 30.2 Å². The van der Waals surface area contributed by atoms with Crippen LogP contribution in [0.15, 0.2) is 79.1 Å². The number of carbonyl (C=O) groups is 1. The Labute approximate surface area is 237 Å². The summed E-state index contributed by atoms with van der Waals surface area (Å²) in [6.45, 7) is 3.29. The summed E-state index contributed by atoms with van der Waals surface area (Å²) >= 11 is 0. The van der Waals surface area contributed by atoms with Gasteiger partial charge in [-0.15, -0.1) is 0 Å². The second-order valence-electron chi connectivity index (χ2n) is 9.74. The second-order valence-corrected chi connectivity index (χ2v) is 9.74. The van der Waals surface area contributed by atoms with E-state index >= 15 is 0 Å². The molecule has 4 heterocycles. The van der Waals surface area contributed by atoms with Crippen molar-refractivity contribution in [3.05, 3.63) is 90.4 Å². The Morgan fingerprint density at radius 2 is 1.90 bits per heavy atom. The number of ether oxygens (including phenoxy) is 2. The van der Waals surface area contributed by atoms with E-state index in [0.29, 0.717) is 53.6 Å². The predicted molar refractivity (Wildman–Crippen MR) is 155 cm³/mol. The van der Waals surface area contributed by atoms with Crippen molar-refractivity contribution in [1.29, 1.82) is 0 Å². The Hall–Kier alpha value is -4.80. The number of fused-ring (bicyclic) bond motifs is 1. The Bertz CT molecular complexity index is 1670. The number of imidazole rings is 1. The maximum atomic E-state index is 13.2. The van der Waals surface area contributed by atoms with Crippen molar-refractivity contribution < 1.29 is 19.4 Å². The number of aromatic nitrogens is 4. The number of hydrogen-bond donors (Lipinski definition) is 3. The van der Waals surface area contributed by atoms with E-state index in [1.807, 2.05) is 36.4 Å². The average Bonchev–Trinajstić information content (AvgIpc) is 3.46. The molecule has 0 saturated carbocycles. The second kappa shape index (κ2) is 11.7. The van der Waals surface area contributed by atoms with Crippen molar-refractivity contribution in [3.63, 3.8) is 0 Å². The highest BCUT2D eigenvalue weighted by atomic mass is 16.5. The third-order valence-corrected chi connectivity index (χ3v) is 7.24. The number of amides is 1. The van der Waals surface area contributed by atoms with Crippen LogP contribution in [0.3, 0.4) is 0 Å². The molecule has 208 valence electrons. The Morgan fingerprint density at radius 1 is 1.05 bits per heavy atom. The number of hydrogen-bond acceptors (Lipinski definition) is 8. The summed E-state index contributed by atoms with van der Waals surface area (Å²) in [5.41, 5.74) is 4.94. The predicted octanol–water partition coefficient (Wildman–Crippen LogP) is 4.20. The van der Waals surface area contributed by atoms with Gasteiger partial charge in [0.05, 0.1) is 48.7 Å². The smallest absolute Gasteiger partial charge is 0.251 e. The van der Waals surface area contributed by atoms with Crippen molar-refractivity contribution in [2.75, 3.05) is 40.0 Å². The number of phenolic OH excluding ortho intramolecular Hbond substituents is 1. The van der Waals surface area contributed by atoms with Gasteiger partial charge in [0.1, 0.15) is 11.6 Å². The molecule has 3 N–H and O–H groups in total. The lowest BCUT2D eigenvalue weighted by molar-refractivity contribution is 0.0154. The molecule has 1 aliphatic heterocycles. The zero-order valence-electron chi connectivity index (χ0n) is 22.6. The quantitative estimate of drug-likeness (QED) is 0.263. The maximum absolute atomic E-state index is 13.2. The van der Waals surface area contributed by atoms with Gasteiger partial charge in [0, 0.05) is 43.2 Å². The topological polar surface area (TPSA) is 125 Å². The van der Waals surface area contributed by atoms with Crippen LogP contribution in [0.25, 0.3) is 33.5 Å². The van der Waals surface area contributed by atoms with Gasteiger partial charge in [0.15, 0.2) is 0 Å². The van der Waals surface area contributed by atoms with Gasteiger partial charge in [0.25, 0.3) is 5.91 Å².